The van der Waals surface area contributed by atoms with Crippen LogP contribution in [0.2, 0.25) is 0 Å². The van der Waals surface area contributed by atoms with E-state index in [-0.39, 0.29) is 34.8 Å². The highest BCUT2D eigenvalue weighted by Crippen LogP contribution is 2.21. The van der Waals surface area contributed by atoms with Crippen LogP contribution in [0.3, 0.4) is 0 Å². The summed E-state index contributed by atoms with van der Waals surface area (Å²) in [4.78, 5) is 26.1. The van der Waals surface area contributed by atoms with E-state index in [1.807, 2.05) is 13.8 Å². The third-order valence-corrected chi connectivity index (χ3v) is 5.98. The molecule has 8 heteroatoms. The number of aryl methyl sites for hydroxylation is 1. The summed E-state index contributed by atoms with van der Waals surface area (Å²) >= 11 is 0. The third kappa shape index (κ3) is 5.20. The van der Waals surface area contributed by atoms with Crippen molar-refractivity contribution in [1.29, 1.82) is 0 Å². The summed E-state index contributed by atoms with van der Waals surface area (Å²) in [5, 5.41) is 9.82. The van der Waals surface area contributed by atoms with Crippen LogP contribution in [-0.2, 0) is 19.4 Å². The first kappa shape index (κ1) is 20.2. The minimum absolute atomic E-state index is 0.0118. The first-order chi connectivity index (χ1) is 12.1. The van der Waals surface area contributed by atoms with Gasteiger partial charge >= 0.3 is 5.97 Å². The fourth-order valence-electron chi connectivity index (χ4n) is 2.97. The summed E-state index contributed by atoms with van der Waals surface area (Å²) in [6.45, 7) is 5.54. The van der Waals surface area contributed by atoms with Crippen LogP contribution in [-0.4, -0.2) is 61.0 Å². The Kier molecular flexibility index (Phi) is 6.28. The minimum atomic E-state index is -3.13. The Labute approximate surface area is 153 Å². The largest absolute Gasteiger partial charge is 0.507 e. The zero-order valence-corrected chi connectivity index (χ0v) is 16.1. The quantitative estimate of drug-likeness (QED) is 0.748. The number of carbonyl (C=O) groups excluding carboxylic acids is 2. The fourth-order valence-corrected chi connectivity index (χ4v) is 4.70. The SMILES string of the molecule is Cc1ccc(C(=O)OCC(=O)N(CC(C)C)[C@@H]2CCS(=O)(=O)C2)c(O)c1. The smallest absolute Gasteiger partial charge is 0.342 e. The van der Waals surface area contributed by atoms with Gasteiger partial charge < -0.3 is 14.7 Å². The van der Waals surface area contributed by atoms with Gasteiger partial charge in [0, 0.05) is 12.6 Å². The van der Waals surface area contributed by atoms with Crippen molar-refractivity contribution in [1.82, 2.24) is 4.90 Å². The molecule has 26 heavy (non-hydrogen) atoms. The predicted octanol–water partition coefficient (Wildman–Crippen LogP) is 1.53. The second kappa shape index (κ2) is 8.07. The van der Waals surface area contributed by atoms with E-state index in [9.17, 15) is 23.1 Å². The molecule has 0 saturated carbocycles. The number of sulfone groups is 1. The molecule has 1 atom stereocenters. The number of amides is 1. The van der Waals surface area contributed by atoms with E-state index in [2.05, 4.69) is 0 Å². The van der Waals surface area contributed by atoms with E-state index < -0.39 is 28.3 Å². The Bertz CT molecular complexity index is 787. The monoisotopic (exact) mass is 383 g/mol. The number of carbonyl (C=O) groups is 2. The van der Waals surface area contributed by atoms with Gasteiger partial charge in [0.15, 0.2) is 16.4 Å². The van der Waals surface area contributed by atoms with Crippen LogP contribution < -0.4 is 0 Å². The number of aromatic hydroxyl groups is 1. The van der Waals surface area contributed by atoms with Crippen LogP contribution in [0.25, 0.3) is 0 Å². The average Bonchev–Trinajstić information content (AvgIpc) is 2.89. The number of esters is 1. The van der Waals surface area contributed by atoms with Gasteiger partial charge in [0.2, 0.25) is 0 Å². The molecule has 144 valence electrons. The number of nitrogens with zero attached hydrogens (tertiary/aromatic N) is 1. The number of ether oxygens (including phenoxy) is 1. The molecule has 1 fully saturated rings. The molecule has 0 aliphatic carbocycles. The first-order valence-corrected chi connectivity index (χ1v) is 10.4. The summed E-state index contributed by atoms with van der Waals surface area (Å²) in [7, 11) is -3.13. The molecule has 1 N–H and O–H groups in total. The zero-order chi connectivity index (χ0) is 19.5. The molecule has 0 bridgehead atoms. The first-order valence-electron chi connectivity index (χ1n) is 8.55. The van der Waals surface area contributed by atoms with E-state index >= 15 is 0 Å². The van der Waals surface area contributed by atoms with E-state index in [1.54, 1.807) is 13.0 Å². The Morgan fingerprint density at radius 2 is 2.04 bits per heavy atom. The molecule has 1 saturated heterocycles. The molecule has 1 aromatic carbocycles. The molecular weight excluding hydrogens is 358 g/mol. The van der Waals surface area contributed by atoms with Crippen molar-refractivity contribution in [3.05, 3.63) is 29.3 Å². The lowest BCUT2D eigenvalue weighted by atomic mass is 10.1. The van der Waals surface area contributed by atoms with Gasteiger partial charge in [-0.15, -0.1) is 0 Å². The predicted molar refractivity (Wildman–Crippen MR) is 96.7 cm³/mol. The molecule has 0 spiro atoms. The second-order valence-corrected chi connectivity index (χ2v) is 9.32. The Hall–Kier alpha value is -2.09. The van der Waals surface area contributed by atoms with Crippen molar-refractivity contribution < 1.29 is 27.9 Å². The van der Waals surface area contributed by atoms with Crippen molar-refractivity contribution in [2.45, 2.75) is 33.2 Å². The number of phenols is 1. The molecule has 7 nitrogen and oxygen atoms in total. The number of benzene rings is 1. The molecule has 0 unspecified atom stereocenters. The molecule has 0 aromatic heterocycles. The highest BCUT2D eigenvalue weighted by Gasteiger charge is 2.35. The van der Waals surface area contributed by atoms with Crippen LogP contribution >= 0.6 is 0 Å². The Morgan fingerprint density at radius 3 is 2.58 bits per heavy atom. The maximum atomic E-state index is 12.5. The summed E-state index contributed by atoms with van der Waals surface area (Å²) in [5.41, 5.74) is 0.780. The Morgan fingerprint density at radius 1 is 1.35 bits per heavy atom. The minimum Gasteiger partial charge on any atom is -0.507 e. The van der Waals surface area contributed by atoms with Gasteiger partial charge in [-0.05, 0) is 37.0 Å². The van der Waals surface area contributed by atoms with Crippen molar-refractivity contribution in [2.75, 3.05) is 24.7 Å². The molecule has 2 rings (SSSR count). The van der Waals surface area contributed by atoms with Crippen molar-refractivity contribution in [3.8, 4) is 5.75 Å². The van der Waals surface area contributed by atoms with E-state index in [1.165, 1.54) is 17.0 Å². The van der Waals surface area contributed by atoms with E-state index in [0.29, 0.717) is 13.0 Å². The van der Waals surface area contributed by atoms with Crippen LogP contribution in [0.15, 0.2) is 18.2 Å². The van der Waals surface area contributed by atoms with E-state index in [0.717, 1.165) is 5.56 Å². The van der Waals surface area contributed by atoms with Crippen molar-refractivity contribution in [2.24, 2.45) is 5.92 Å². The normalized spacial score (nSPS) is 18.7. The van der Waals surface area contributed by atoms with Crippen LogP contribution in [0.1, 0.15) is 36.2 Å². The van der Waals surface area contributed by atoms with Crippen LogP contribution in [0.4, 0.5) is 0 Å². The van der Waals surface area contributed by atoms with Crippen molar-refractivity contribution >= 4 is 21.7 Å². The molecule has 1 aliphatic rings. The molecular formula is C18H25NO6S. The summed E-state index contributed by atoms with van der Waals surface area (Å²) in [6.07, 6.45) is 0.396. The molecule has 1 heterocycles. The Balaban J connectivity index is 2.03. The second-order valence-electron chi connectivity index (χ2n) is 7.09. The van der Waals surface area contributed by atoms with Gasteiger partial charge in [0.1, 0.15) is 11.3 Å². The summed E-state index contributed by atoms with van der Waals surface area (Å²) < 4.78 is 28.5. The standard InChI is InChI=1S/C18H25NO6S/c1-12(2)9-19(14-6-7-26(23,24)11-14)17(21)10-25-18(22)15-5-4-13(3)8-16(15)20/h4-5,8,12,14,20H,6-7,9-11H2,1-3H3/t14-/m1/s1. The van der Waals surface area contributed by atoms with Gasteiger partial charge in [0.25, 0.3) is 5.91 Å². The van der Waals surface area contributed by atoms with Crippen LogP contribution in [0, 0.1) is 12.8 Å². The topological polar surface area (TPSA) is 101 Å². The lowest BCUT2D eigenvalue weighted by Crippen LogP contribution is -2.45. The van der Waals surface area contributed by atoms with Gasteiger partial charge in [-0.1, -0.05) is 19.9 Å². The molecule has 1 aliphatic heterocycles. The number of rotatable bonds is 6. The highest BCUT2D eigenvalue weighted by atomic mass is 32.2. The lowest BCUT2D eigenvalue weighted by molar-refractivity contribution is -0.137. The molecule has 0 radical (unpaired) electrons. The highest BCUT2D eigenvalue weighted by molar-refractivity contribution is 7.91. The van der Waals surface area contributed by atoms with Gasteiger partial charge in [-0.25, -0.2) is 13.2 Å². The summed E-state index contributed by atoms with van der Waals surface area (Å²) in [6, 6.07) is 4.15. The average molecular weight is 383 g/mol. The van der Waals surface area contributed by atoms with Gasteiger partial charge in [-0.2, -0.15) is 0 Å². The third-order valence-electron chi connectivity index (χ3n) is 4.23. The number of hydrogen-bond acceptors (Lipinski definition) is 6. The lowest BCUT2D eigenvalue weighted by Gasteiger charge is -2.29. The summed E-state index contributed by atoms with van der Waals surface area (Å²) in [5.74, 6) is -1.27. The number of phenolic OH excluding ortho intramolecular Hbond substituents is 1. The fraction of sp³-hybridized carbons (Fsp3) is 0.556. The van der Waals surface area contributed by atoms with Crippen LogP contribution in [0.5, 0.6) is 5.75 Å². The van der Waals surface area contributed by atoms with Gasteiger partial charge in [-0.3, -0.25) is 4.79 Å². The number of hydrogen-bond donors (Lipinski definition) is 1. The van der Waals surface area contributed by atoms with Gasteiger partial charge in [0.05, 0.1) is 11.5 Å². The zero-order valence-electron chi connectivity index (χ0n) is 15.3. The van der Waals surface area contributed by atoms with Crippen molar-refractivity contribution in [3.63, 3.8) is 0 Å². The molecule has 1 aromatic rings. The maximum absolute atomic E-state index is 12.5. The van der Waals surface area contributed by atoms with E-state index in [4.69, 9.17) is 4.74 Å². The molecule has 1 amide bonds. The maximum Gasteiger partial charge on any atom is 0.342 e.